The van der Waals surface area contributed by atoms with Crippen LogP contribution in [0, 0.1) is 12.7 Å². The van der Waals surface area contributed by atoms with Gasteiger partial charge in [0.15, 0.2) is 0 Å². The summed E-state index contributed by atoms with van der Waals surface area (Å²) in [6, 6.07) is 6.23. The van der Waals surface area contributed by atoms with Gasteiger partial charge in [-0.3, -0.25) is 9.69 Å². The number of nitrogens with zero attached hydrogens (tertiary/aromatic N) is 3. The van der Waals surface area contributed by atoms with Crippen molar-refractivity contribution in [2.45, 2.75) is 31.9 Å². The molecule has 4 rings (SSSR count). The van der Waals surface area contributed by atoms with Gasteiger partial charge in [0.05, 0.1) is 23.4 Å². The Bertz CT molecular complexity index is 802. The minimum Gasteiger partial charge on any atom is -0.363 e. The first-order chi connectivity index (χ1) is 12.5. The van der Waals surface area contributed by atoms with Crippen molar-refractivity contribution >= 4 is 22.9 Å². The van der Waals surface area contributed by atoms with Gasteiger partial charge < -0.3 is 9.64 Å². The van der Waals surface area contributed by atoms with Gasteiger partial charge in [-0.2, -0.15) is 0 Å². The van der Waals surface area contributed by atoms with Crippen molar-refractivity contribution in [3.05, 3.63) is 46.2 Å². The summed E-state index contributed by atoms with van der Waals surface area (Å²) in [5.74, 6) is -0.436. The van der Waals surface area contributed by atoms with Crippen LogP contribution in [0.3, 0.4) is 0 Å². The Kier molecular flexibility index (Phi) is 4.77. The highest BCUT2D eigenvalue weighted by Gasteiger charge is 2.42. The molecule has 138 valence electrons. The van der Waals surface area contributed by atoms with E-state index in [9.17, 15) is 9.18 Å². The number of rotatable bonds is 3. The molecular weight excluding hydrogens is 353 g/mol. The zero-order chi connectivity index (χ0) is 18.1. The van der Waals surface area contributed by atoms with Crippen LogP contribution >= 0.6 is 11.3 Å². The molecule has 2 aliphatic heterocycles. The second-order valence-electron chi connectivity index (χ2n) is 7.07. The van der Waals surface area contributed by atoms with E-state index in [1.165, 1.54) is 17.0 Å². The van der Waals surface area contributed by atoms with Crippen LogP contribution in [-0.4, -0.2) is 47.6 Å². The van der Waals surface area contributed by atoms with Crippen molar-refractivity contribution in [2.75, 3.05) is 31.1 Å². The maximum Gasteiger partial charge on any atom is 0.253 e. The lowest BCUT2D eigenvalue weighted by molar-refractivity contribution is -0.144. The molecule has 0 bridgehead atoms. The Balaban J connectivity index is 1.43. The largest absolute Gasteiger partial charge is 0.363 e. The van der Waals surface area contributed by atoms with E-state index in [4.69, 9.17) is 4.74 Å². The summed E-state index contributed by atoms with van der Waals surface area (Å²) in [6.45, 7) is 5.35. The third-order valence-corrected chi connectivity index (χ3v) is 6.27. The van der Waals surface area contributed by atoms with Gasteiger partial charge in [-0.15, -0.1) is 11.3 Å². The molecule has 3 heterocycles. The molecule has 0 radical (unpaired) electrons. The van der Waals surface area contributed by atoms with Crippen LogP contribution in [-0.2, 0) is 16.1 Å². The van der Waals surface area contributed by atoms with E-state index in [0.29, 0.717) is 12.2 Å². The van der Waals surface area contributed by atoms with Crippen molar-refractivity contribution in [2.24, 2.45) is 0 Å². The van der Waals surface area contributed by atoms with Crippen LogP contribution in [0.2, 0.25) is 0 Å². The minimum atomic E-state index is -0.334. The van der Waals surface area contributed by atoms with Crippen molar-refractivity contribution in [1.82, 2.24) is 9.88 Å². The van der Waals surface area contributed by atoms with Crippen LogP contribution in [0.1, 0.15) is 23.4 Å². The first kappa shape index (κ1) is 17.6. The standard InChI is InChI=1S/C19H22FN3O2S/c1-14-17(26-13-21-14)10-22-7-5-19(6-8-22)12-23(18(24)11-25-19)16-4-2-3-15(20)9-16/h2-4,9,13H,5-8,10-12H2,1H3. The van der Waals surface area contributed by atoms with Crippen LogP contribution in [0.4, 0.5) is 10.1 Å². The number of hydrogen-bond acceptors (Lipinski definition) is 5. The van der Waals surface area contributed by atoms with Crippen LogP contribution in [0.25, 0.3) is 0 Å². The van der Waals surface area contributed by atoms with Gasteiger partial charge in [0, 0.05) is 30.2 Å². The third-order valence-electron chi connectivity index (χ3n) is 5.35. The molecule has 1 amide bonds. The first-order valence-electron chi connectivity index (χ1n) is 8.86. The Morgan fingerprint density at radius 3 is 2.85 bits per heavy atom. The Morgan fingerprint density at radius 2 is 2.15 bits per heavy atom. The maximum atomic E-state index is 13.6. The smallest absolute Gasteiger partial charge is 0.253 e. The van der Waals surface area contributed by atoms with E-state index >= 15 is 0 Å². The first-order valence-corrected chi connectivity index (χ1v) is 9.74. The normalized spacial score (nSPS) is 20.7. The molecule has 0 aliphatic carbocycles. The fraction of sp³-hybridized carbons (Fsp3) is 0.474. The minimum absolute atomic E-state index is 0.0600. The molecule has 2 aromatic rings. The molecule has 26 heavy (non-hydrogen) atoms. The highest BCUT2D eigenvalue weighted by molar-refractivity contribution is 7.09. The van der Waals surface area contributed by atoms with E-state index in [1.54, 1.807) is 28.4 Å². The summed E-state index contributed by atoms with van der Waals surface area (Å²) in [6.07, 6.45) is 1.73. The summed E-state index contributed by atoms with van der Waals surface area (Å²) in [5.41, 5.74) is 3.27. The lowest BCUT2D eigenvalue weighted by Gasteiger charge is -2.47. The van der Waals surface area contributed by atoms with Gasteiger partial charge in [-0.25, -0.2) is 9.37 Å². The molecule has 7 heteroatoms. The topological polar surface area (TPSA) is 45.7 Å². The van der Waals surface area contributed by atoms with E-state index in [1.807, 2.05) is 12.4 Å². The van der Waals surface area contributed by atoms with Gasteiger partial charge in [-0.1, -0.05) is 6.07 Å². The Morgan fingerprint density at radius 1 is 1.35 bits per heavy atom. The number of morpholine rings is 1. The molecule has 0 atom stereocenters. The summed E-state index contributed by atoms with van der Waals surface area (Å²) in [7, 11) is 0. The average molecular weight is 375 g/mol. The summed E-state index contributed by atoms with van der Waals surface area (Å²) in [4.78, 5) is 22.0. The van der Waals surface area contributed by atoms with Crippen molar-refractivity contribution in [1.29, 1.82) is 0 Å². The number of piperidine rings is 1. The van der Waals surface area contributed by atoms with Crippen LogP contribution in [0.5, 0.6) is 0 Å². The number of aromatic nitrogens is 1. The van der Waals surface area contributed by atoms with Crippen molar-refractivity contribution in [3.8, 4) is 0 Å². The van der Waals surface area contributed by atoms with Crippen molar-refractivity contribution < 1.29 is 13.9 Å². The van der Waals surface area contributed by atoms with Gasteiger partial charge in [0.25, 0.3) is 5.91 Å². The highest BCUT2D eigenvalue weighted by atomic mass is 32.1. The van der Waals surface area contributed by atoms with Gasteiger partial charge in [0.1, 0.15) is 12.4 Å². The zero-order valence-electron chi connectivity index (χ0n) is 14.8. The second-order valence-corrected chi connectivity index (χ2v) is 8.01. The quantitative estimate of drug-likeness (QED) is 0.827. The number of carbonyl (C=O) groups excluding carboxylic acids is 1. The third kappa shape index (κ3) is 3.51. The number of hydrogen-bond donors (Lipinski definition) is 0. The molecule has 1 aromatic carbocycles. The average Bonchev–Trinajstić information content (AvgIpc) is 3.04. The highest BCUT2D eigenvalue weighted by Crippen LogP contribution is 2.33. The number of ether oxygens (including phenoxy) is 1. The number of halogens is 1. The molecule has 0 saturated carbocycles. The van der Waals surface area contributed by atoms with Gasteiger partial charge >= 0.3 is 0 Å². The molecule has 2 fully saturated rings. The molecule has 1 aromatic heterocycles. The summed E-state index contributed by atoms with van der Waals surface area (Å²) < 4.78 is 19.6. The van der Waals surface area contributed by atoms with Gasteiger partial charge in [-0.05, 0) is 38.0 Å². The number of benzene rings is 1. The predicted molar refractivity (Wildman–Crippen MR) is 98.8 cm³/mol. The number of anilines is 1. The van der Waals surface area contributed by atoms with E-state index in [2.05, 4.69) is 9.88 Å². The maximum absolute atomic E-state index is 13.6. The lowest BCUT2D eigenvalue weighted by Crippen LogP contribution is -2.58. The predicted octanol–water partition coefficient (Wildman–Crippen LogP) is 2.99. The Hall–Kier alpha value is -1.83. The number of thiazole rings is 1. The SMILES string of the molecule is Cc1ncsc1CN1CCC2(CC1)CN(c1cccc(F)c1)C(=O)CO2. The van der Waals surface area contributed by atoms with E-state index in [0.717, 1.165) is 38.2 Å². The summed E-state index contributed by atoms with van der Waals surface area (Å²) in [5, 5.41) is 0. The zero-order valence-corrected chi connectivity index (χ0v) is 15.6. The number of amides is 1. The molecular formula is C19H22FN3O2S. The van der Waals surface area contributed by atoms with Crippen LogP contribution in [0.15, 0.2) is 29.8 Å². The summed E-state index contributed by atoms with van der Waals surface area (Å²) >= 11 is 1.70. The molecule has 2 aliphatic rings. The van der Waals surface area contributed by atoms with Gasteiger partial charge in [0.2, 0.25) is 0 Å². The van der Waals surface area contributed by atoms with Crippen LogP contribution < -0.4 is 4.90 Å². The molecule has 2 saturated heterocycles. The number of aryl methyl sites for hydroxylation is 1. The second kappa shape index (κ2) is 7.06. The lowest BCUT2D eigenvalue weighted by atomic mass is 9.89. The monoisotopic (exact) mass is 375 g/mol. The van der Waals surface area contributed by atoms with E-state index in [-0.39, 0.29) is 23.9 Å². The molecule has 0 unspecified atom stereocenters. The van der Waals surface area contributed by atoms with Crippen molar-refractivity contribution in [3.63, 3.8) is 0 Å². The van der Waals surface area contributed by atoms with E-state index < -0.39 is 0 Å². The Labute approximate surface area is 156 Å². The number of likely N-dealkylation sites (tertiary alicyclic amines) is 1. The molecule has 5 nitrogen and oxygen atoms in total. The fourth-order valence-corrected chi connectivity index (χ4v) is 4.51. The molecule has 0 N–H and O–H groups in total. The fourth-order valence-electron chi connectivity index (χ4n) is 3.70. The molecule has 1 spiro atoms. The number of carbonyl (C=O) groups is 1.